The van der Waals surface area contributed by atoms with E-state index >= 15 is 0 Å². The number of aromatic hydroxyl groups is 1. The van der Waals surface area contributed by atoms with Gasteiger partial charge in [-0.2, -0.15) is 5.26 Å². The summed E-state index contributed by atoms with van der Waals surface area (Å²) in [6.07, 6.45) is 7.84. The molecule has 3 saturated heterocycles. The van der Waals surface area contributed by atoms with Crippen molar-refractivity contribution in [2.24, 2.45) is 0 Å². The monoisotopic (exact) mass is 523 g/mol. The van der Waals surface area contributed by atoms with Crippen LogP contribution in [0.4, 0.5) is 5.69 Å². The molecule has 3 unspecified atom stereocenters. The molecule has 4 aliphatic rings. The second kappa shape index (κ2) is 10.0. The van der Waals surface area contributed by atoms with Crippen LogP contribution in [0, 0.1) is 11.3 Å². The molecule has 0 amide bonds. The molecule has 3 atom stereocenters. The first kappa shape index (κ1) is 24.7. The van der Waals surface area contributed by atoms with Crippen LogP contribution in [0.25, 0.3) is 10.8 Å². The first-order valence-corrected chi connectivity index (χ1v) is 14.6. The van der Waals surface area contributed by atoms with Gasteiger partial charge in [0.2, 0.25) is 5.88 Å². The zero-order chi connectivity index (χ0) is 26.5. The molecule has 0 spiro atoms. The Kier molecular flexibility index (Phi) is 6.33. The molecule has 3 aromatic rings. The highest BCUT2D eigenvalue weighted by Gasteiger charge is 2.38. The molecule has 7 heteroatoms. The van der Waals surface area contributed by atoms with Crippen molar-refractivity contribution < 1.29 is 9.84 Å². The smallest absolute Gasteiger partial charge is 0.232 e. The van der Waals surface area contributed by atoms with Crippen LogP contribution >= 0.6 is 0 Å². The molecule has 202 valence electrons. The Balaban J connectivity index is 1.29. The van der Waals surface area contributed by atoms with E-state index in [1.807, 2.05) is 30.3 Å². The molecule has 0 saturated carbocycles. The summed E-state index contributed by atoms with van der Waals surface area (Å²) in [7, 11) is 2.15. The zero-order valence-electron chi connectivity index (χ0n) is 22.7. The summed E-state index contributed by atoms with van der Waals surface area (Å²) >= 11 is 0. The van der Waals surface area contributed by atoms with Gasteiger partial charge < -0.3 is 25.0 Å². The van der Waals surface area contributed by atoms with Crippen molar-refractivity contribution in [2.45, 2.75) is 75.5 Å². The van der Waals surface area contributed by atoms with Gasteiger partial charge in [-0.05, 0) is 81.1 Å². The van der Waals surface area contributed by atoms with Gasteiger partial charge in [-0.1, -0.05) is 24.3 Å². The molecule has 7 nitrogen and oxygen atoms in total. The number of nitrogens with one attached hydrogen (secondary N) is 1. The number of piperidine rings is 1. The zero-order valence-corrected chi connectivity index (χ0v) is 22.7. The molecule has 2 N–H and O–H groups in total. The van der Waals surface area contributed by atoms with Crippen LogP contribution in [0.5, 0.6) is 11.6 Å². The number of likely N-dealkylation sites (tertiary alicyclic amines) is 1. The Labute approximate surface area is 230 Å². The Morgan fingerprint density at radius 2 is 1.92 bits per heavy atom. The third-order valence-corrected chi connectivity index (χ3v) is 9.61. The average Bonchev–Trinajstić information content (AvgIpc) is 3.53. The van der Waals surface area contributed by atoms with Crippen LogP contribution in [0.15, 0.2) is 36.4 Å². The maximum absolute atomic E-state index is 10.5. The number of pyridine rings is 1. The van der Waals surface area contributed by atoms with Crippen LogP contribution in [0.1, 0.15) is 66.8 Å². The number of nitriles is 1. The molecular formula is C32H37N5O2. The van der Waals surface area contributed by atoms with Crippen molar-refractivity contribution in [2.75, 3.05) is 31.6 Å². The number of ether oxygens (including phenoxy) is 1. The molecule has 2 bridgehead atoms. The molecule has 39 heavy (non-hydrogen) atoms. The van der Waals surface area contributed by atoms with Crippen molar-refractivity contribution in [1.82, 2.24) is 15.2 Å². The SMILES string of the molecule is CN1CCCC1COc1nc(C2CC3CCC(C2)N3)c2c(c1C#N)CN(c1cc(O)cc3ccccc13)CC2. The van der Waals surface area contributed by atoms with E-state index < -0.39 is 0 Å². The van der Waals surface area contributed by atoms with E-state index in [2.05, 4.69) is 34.3 Å². The fourth-order valence-corrected chi connectivity index (χ4v) is 7.58. The highest BCUT2D eigenvalue weighted by atomic mass is 16.5. The summed E-state index contributed by atoms with van der Waals surface area (Å²) in [6, 6.07) is 15.9. The number of aromatic nitrogens is 1. The molecule has 1 aromatic heterocycles. The first-order valence-electron chi connectivity index (χ1n) is 14.6. The van der Waals surface area contributed by atoms with Gasteiger partial charge in [-0.15, -0.1) is 0 Å². The molecular weight excluding hydrogens is 486 g/mol. The lowest BCUT2D eigenvalue weighted by molar-refractivity contribution is 0.192. The summed E-state index contributed by atoms with van der Waals surface area (Å²) in [5.41, 5.74) is 5.07. The van der Waals surface area contributed by atoms with Gasteiger partial charge in [0.1, 0.15) is 24.0 Å². The Hall–Kier alpha value is -3.34. The van der Waals surface area contributed by atoms with Crippen LogP contribution in [0.3, 0.4) is 0 Å². The lowest BCUT2D eigenvalue weighted by Gasteiger charge is -2.36. The van der Waals surface area contributed by atoms with Gasteiger partial charge in [0.05, 0.1) is 5.69 Å². The second-order valence-electron chi connectivity index (χ2n) is 12.0. The quantitative estimate of drug-likeness (QED) is 0.495. The van der Waals surface area contributed by atoms with Crippen molar-refractivity contribution in [3.63, 3.8) is 0 Å². The number of phenols is 1. The van der Waals surface area contributed by atoms with Gasteiger partial charge in [-0.25, -0.2) is 4.98 Å². The molecule has 0 radical (unpaired) electrons. The van der Waals surface area contributed by atoms with Gasteiger partial charge in [0, 0.05) is 54.3 Å². The van der Waals surface area contributed by atoms with E-state index in [0.29, 0.717) is 48.6 Å². The van der Waals surface area contributed by atoms with Crippen molar-refractivity contribution in [3.8, 4) is 17.7 Å². The van der Waals surface area contributed by atoms with E-state index in [-0.39, 0.29) is 5.75 Å². The minimum absolute atomic E-state index is 0.264. The lowest BCUT2D eigenvalue weighted by Crippen LogP contribution is -2.39. The molecule has 3 fully saturated rings. The normalized spacial score (nSPS) is 26.5. The standard InChI is InChI=1S/C32H37N5O2/c1-36-11-4-6-24(36)19-39-32-28(17-33)29-18-37(30-16-25(38)15-20-5-2-3-7-26(20)30)12-10-27(29)31(35-32)21-13-22-8-9-23(14-21)34-22/h2-3,5,7,15-16,21-24,34,38H,4,6,8-14,18-19H2,1H3. The van der Waals surface area contributed by atoms with Crippen molar-refractivity contribution in [3.05, 3.63) is 58.8 Å². The summed E-state index contributed by atoms with van der Waals surface area (Å²) in [6.45, 7) is 3.09. The predicted octanol–water partition coefficient (Wildman–Crippen LogP) is 4.85. The number of benzene rings is 2. The van der Waals surface area contributed by atoms with E-state index in [0.717, 1.165) is 66.5 Å². The number of hydrogen-bond acceptors (Lipinski definition) is 7. The predicted molar refractivity (Wildman–Crippen MR) is 152 cm³/mol. The Morgan fingerprint density at radius 3 is 2.69 bits per heavy atom. The summed E-state index contributed by atoms with van der Waals surface area (Å²) in [5.74, 6) is 1.18. The number of phenolic OH excluding ortho intramolecular Hbond substituents is 1. The fraction of sp³-hybridized carbons (Fsp3) is 0.500. The van der Waals surface area contributed by atoms with E-state index in [4.69, 9.17) is 9.72 Å². The van der Waals surface area contributed by atoms with Crippen molar-refractivity contribution in [1.29, 1.82) is 5.26 Å². The molecule has 7 rings (SSSR count). The van der Waals surface area contributed by atoms with Crippen LogP contribution in [-0.2, 0) is 13.0 Å². The maximum atomic E-state index is 10.5. The third kappa shape index (κ3) is 4.50. The van der Waals surface area contributed by atoms with Crippen LogP contribution < -0.4 is 15.0 Å². The third-order valence-electron chi connectivity index (χ3n) is 9.61. The van der Waals surface area contributed by atoms with Gasteiger partial charge in [-0.3, -0.25) is 0 Å². The molecule has 2 aromatic carbocycles. The van der Waals surface area contributed by atoms with Gasteiger partial charge >= 0.3 is 0 Å². The first-order chi connectivity index (χ1) is 19.1. The number of anilines is 1. The number of nitrogens with zero attached hydrogens (tertiary/aromatic N) is 4. The average molecular weight is 524 g/mol. The minimum Gasteiger partial charge on any atom is -0.508 e. The van der Waals surface area contributed by atoms with Gasteiger partial charge in [0.15, 0.2) is 0 Å². The summed E-state index contributed by atoms with van der Waals surface area (Å²) in [5, 5.41) is 26.9. The Morgan fingerprint density at radius 1 is 1.10 bits per heavy atom. The number of fused-ring (bicyclic) bond motifs is 4. The summed E-state index contributed by atoms with van der Waals surface area (Å²) < 4.78 is 6.43. The minimum atomic E-state index is 0.264. The maximum Gasteiger partial charge on any atom is 0.232 e. The lowest BCUT2D eigenvalue weighted by atomic mass is 9.83. The topological polar surface area (TPSA) is 84.7 Å². The molecule has 0 aliphatic carbocycles. The van der Waals surface area contributed by atoms with E-state index in [9.17, 15) is 10.4 Å². The summed E-state index contributed by atoms with van der Waals surface area (Å²) in [4.78, 5) is 9.84. The van der Waals surface area contributed by atoms with Crippen LogP contribution in [0.2, 0.25) is 0 Å². The fourth-order valence-electron chi connectivity index (χ4n) is 7.58. The van der Waals surface area contributed by atoms with Crippen molar-refractivity contribution >= 4 is 16.5 Å². The van der Waals surface area contributed by atoms with E-state index in [1.54, 1.807) is 0 Å². The van der Waals surface area contributed by atoms with E-state index in [1.165, 1.54) is 24.8 Å². The largest absolute Gasteiger partial charge is 0.508 e. The Bertz CT molecular complexity index is 1440. The molecule has 4 aliphatic heterocycles. The van der Waals surface area contributed by atoms with Crippen LogP contribution in [-0.4, -0.2) is 59.9 Å². The highest BCUT2D eigenvalue weighted by molar-refractivity contribution is 5.95. The number of rotatable bonds is 5. The molecule has 5 heterocycles. The number of likely N-dealkylation sites (N-methyl/N-ethyl adjacent to an activating group) is 1. The highest BCUT2D eigenvalue weighted by Crippen LogP contribution is 2.43. The number of hydrogen-bond donors (Lipinski definition) is 2. The van der Waals surface area contributed by atoms with Gasteiger partial charge in [0.25, 0.3) is 0 Å². The second-order valence-corrected chi connectivity index (χ2v) is 12.0.